The Bertz CT molecular complexity index is 25.3. The summed E-state index contributed by atoms with van der Waals surface area (Å²) in [6.07, 6.45) is 2.82. The maximum Gasteiger partial charge on any atom is 0.0219 e. The van der Waals surface area contributed by atoms with E-state index < -0.39 is 0 Å². The van der Waals surface area contributed by atoms with Gasteiger partial charge in [-0.25, -0.2) is 0 Å². The van der Waals surface area contributed by atoms with Crippen molar-refractivity contribution in [1.82, 2.24) is 0 Å². The average Bonchev–Trinajstić information content (AvgIpc) is 1.69. The van der Waals surface area contributed by atoms with Gasteiger partial charge in [-0.1, -0.05) is 32.4 Å². The van der Waals surface area contributed by atoms with Crippen molar-refractivity contribution < 1.29 is 0 Å². The molecule has 2 heteroatoms. The molecule has 0 aromatic carbocycles. The molecule has 0 amide bonds. The molecule has 0 nitrogen and oxygen atoms in total. The topological polar surface area (TPSA) is 0 Å². The highest BCUT2D eigenvalue weighted by Crippen LogP contribution is 1.90. The second-order valence-corrected chi connectivity index (χ2v) is 5.44. The van der Waals surface area contributed by atoms with Crippen molar-refractivity contribution in [2.45, 2.75) is 32.4 Å². The molecular formula is C5H12Si2. The largest absolute Gasteiger partial charge is 0.0759 e. The van der Waals surface area contributed by atoms with E-state index in [0.717, 1.165) is 0 Å². The predicted octanol–water partition coefficient (Wildman–Crippen LogP) is 1.58. The zero-order valence-corrected chi connectivity index (χ0v) is 7.12. The normalized spacial score (nSPS) is 9.43. The monoisotopic (exact) mass is 128 g/mol. The van der Waals surface area contributed by atoms with Gasteiger partial charge in [0.15, 0.2) is 0 Å². The van der Waals surface area contributed by atoms with Crippen LogP contribution in [-0.2, 0) is 0 Å². The van der Waals surface area contributed by atoms with E-state index in [1.54, 1.807) is 0 Å². The fraction of sp³-hybridized carbons (Fsp3) is 1.00. The quantitative estimate of drug-likeness (QED) is 0.398. The van der Waals surface area contributed by atoms with E-state index in [1.807, 2.05) is 0 Å². The number of unbranched alkanes of at least 4 members (excludes halogenated alkanes) is 1. The molecule has 0 aliphatic carbocycles. The van der Waals surface area contributed by atoms with Gasteiger partial charge in [-0.3, -0.25) is 0 Å². The summed E-state index contributed by atoms with van der Waals surface area (Å²) in [6, 6.07) is 1.48. The molecule has 0 unspecified atom stereocenters. The molecule has 0 bridgehead atoms. The van der Waals surface area contributed by atoms with Crippen molar-refractivity contribution in [3.05, 3.63) is 0 Å². The maximum absolute atomic E-state index is 2.29. The van der Waals surface area contributed by atoms with Crippen molar-refractivity contribution in [3.63, 3.8) is 0 Å². The molecule has 0 spiro atoms. The number of hydrogen-bond acceptors (Lipinski definition) is 0. The third-order valence-corrected chi connectivity index (χ3v) is 3.60. The lowest BCUT2D eigenvalue weighted by Gasteiger charge is -1.88. The van der Waals surface area contributed by atoms with Crippen molar-refractivity contribution in [3.8, 4) is 0 Å². The number of rotatable bonds is 4. The molecule has 7 heavy (non-hydrogen) atoms. The summed E-state index contributed by atoms with van der Waals surface area (Å²) in [5.74, 6) is 0. The molecule has 0 aliphatic heterocycles. The lowest BCUT2D eigenvalue weighted by molar-refractivity contribution is 0.882. The molecule has 0 aromatic heterocycles. The molecule has 0 heterocycles. The van der Waals surface area contributed by atoms with Crippen LogP contribution < -0.4 is 0 Å². The Balaban J connectivity index is 2.45. The minimum atomic E-state index is 1.20. The molecule has 0 rings (SSSR count). The van der Waals surface area contributed by atoms with E-state index in [4.69, 9.17) is 0 Å². The van der Waals surface area contributed by atoms with Crippen molar-refractivity contribution in [2.24, 2.45) is 0 Å². The van der Waals surface area contributed by atoms with Crippen LogP contribution in [0.2, 0.25) is 12.6 Å². The third-order valence-electron chi connectivity index (χ3n) is 0.832. The van der Waals surface area contributed by atoms with Crippen LogP contribution >= 0.6 is 0 Å². The second-order valence-electron chi connectivity index (χ2n) is 1.53. The van der Waals surface area contributed by atoms with Gasteiger partial charge in [0.2, 0.25) is 0 Å². The van der Waals surface area contributed by atoms with Gasteiger partial charge in [-0.05, 0) is 0 Å². The summed E-state index contributed by atoms with van der Waals surface area (Å²) in [6.45, 7) is 4.54. The van der Waals surface area contributed by atoms with Gasteiger partial charge in [0.1, 0.15) is 0 Å². The van der Waals surface area contributed by atoms with Crippen LogP contribution in [0.25, 0.3) is 0 Å². The van der Waals surface area contributed by atoms with Gasteiger partial charge in [-0.2, -0.15) is 0 Å². The van der Waals surface area contributed by atoms with Gasteiger partial charge in [0, 0.05) is 18.1 Å². The molecule has 0 saturated carbocycles. The first-order valence-electron chi connectivity index (χ1n) is 2.81. The summed E-state index contributed by atoms with van der Waals surface area (Å²) >= 11 is 0. The van der Waals surface area contributed by atoms with E-state index in [1.165, 1.54) is 37.0 Å². The van der Waals surface area contributed by atoms with E-state index in [-0.39, 0.29) is 0 Å². The minimum absolute atomic E-state index is 1.20. The Kier molecular flexibility index (Phi) is 6.83. The van der Waals surface area contributed by atoms with Gasteiger partial charge in [0.05, 0.1) is 0 Å². The summed E-state index contributed by atoms with van der Waals surface area (Å²) in [5.41, 5.74) is 0. The Hall–Kier alpha value is 0.434. The minimum Gasteiger partial charge on any atom is -0.0759 e. The summed E-state index contributed by atoms with van der Waals surface area (Å²) in [7, 11) is 2.44. The summed E-state index contributed by atoms with van der Waals surface area (Å²) in [5, 5.41) is 0. The van der Waals surface area contributed by atoms with Crippen molar-refractivity contribution in [1.29, 1.82) is 0 Å². The fourth-order valence-electron chi connectivity index (χ4n) is 0.390. The van der Waals surface area contributed by atoms with E-state index in [2.05, 4.69) is 13.5 Å². The van der Waals surface area contributed by atoms with E-state index >= 15 is 0 Å². The van der Waals surface area contributed by atoms with Crippen LogP contribution in [0, 0.1) is 0 Å². The average molecular weight is 128 g/mol. The molecule has 0 fully saturated rings. The van der Waals surface area contributed by atoms with Crippen LogP contribution in [-0.4, -0.2) is 18.1 Å². The molecule has 0 N–H and O–H groups in total. The molecule has 0 aromatic rings. The second kappa shape index (κ2) is 6.43. The zero-order chi connectivity index (χ0) is 5.54. The van der Waals surface area contributed by atoms with Gasteiger partial charge >= 0.3 is 0 Å². The highest BCUT2D eigenvalue weighted by Gasteiger charge is 1.82. The summed E-state index contributed by atoms with van der Waals surface area (Å²) in [4.78, 5) is 0. The third kappa shape index (κ3) is 6.43. The molecular weight excluding hydrogens is 116 g/mol. The standard InChI is InChI=1S/C5H12Si2/c1-3-4-5-7-6-2/h3-5H2,1-2H3. The Labute approximate surface area is 51.1 Å². The highest BCUT2D eigenvalue weighted by atomic mass is 29.1. The van der Waals surface area contributed by atoms with Crippen LogP contribution in [0.4, 0.5) is 0 Å². The van der Waals surface area contributed by atoms with Crippen LogP contribution in [0.3, 0.4) is 0 Å². The molecule has 4 radical (unpaired) electrons. The van der Waals surface area contributed by atoms with Gasteiger partial charge in [0.25, 0.3) is 0 Å². The lowest BCUT2D eigenvalue weighted by atomic mass is 10.4. The van der Waals surface area contributed by atoms with Crippen molar-refractivity contribution >= 4 is 18.1 Å². The molecule has 0 atom stereocenters. The SMILES string of the molecule is CCCC[Si][Si]C. The Morgan fingerprint density at radius 3 is 2.57 bits per heavy atom. The molecule has 0 saturated heterocycles. The first-order chi connectivity index (χ1) is 3.41. The van der Waals surface area contributed by atoms with Crippen LogP contribution in [0.5, 0.6) is 0 Å². The zero-order valence-electron chi connectivity index (χ0n) is 5.12. The van der Waals surface area contributed by atoms with Gasteiger partial charge in [-0.15, -0.1) is 0 Å². The van der Waals surface area contributed by atoms with Gasteiger partial charge < -0.3 is 0 Å². The maximum atomic E-state index is 2.29. The Morgan fingerprint density at radius 1 is 1.43 bits per heavy atom. The molecule has 0 aliphatic rings. The smallest absolute Gasteiger partial charge is 0.0219 e. The van der Waals surface area contributed by atoms with Crippen molar-refractivity contribution in [2.75, 3.05) is 0 Å². The predicted molar refractivity (Wildman–Crippen MR) is 37.1 cm³/mol. The summed E-state index contributed by atoms with van der Waals surface area (Å²) < 4.78 is 0. The van der Waals surface area contributed by atoms with E-state index in [0.29, 0.717) is 0 Å². The lowest BCUT2D eigenvalue weighted by Crippen LogP contribution is -1.95. The molecule has 40 valence electrons. The van der Waals surface area contributed by atoms with Crippen LogP contribution in [0.15, 0.2) is 0 Å². The first kappa shape index (κ1) is 7.43. The Morgan fingerprint density at radius 2 is 2.14 bits per heavy atom. The fourth-order valence-corrected chi connectivity index (χ4v) is 2.45. The van der Waals surface area contributed by atoms with Crippen LogP contribution in [0.1, 0.15) is 19.8 Å². The number of hydrogen-bond donors (Lipinski definition) is 0. The first-order valence-corrected chi connectivity index (χ1v) is 6.52. The highest BCUT2D eigenvalue weighted by molar-refractivity contribution is 6.99. The van der Waals surface area contributed by atoms with E-state index in [9.17, 15) is 0 Å².